The molecule has 1 fully saturated rings. The van der Waals surface area contributed by atoms with Gasteiger partial charge in [0.15, 0.2) is 0 Å². The van der Waals surface area contributed by atoms with Gasteiger partial charge in [-0.25, -0.2) is 4.57 Å². The molecule has 130 valence electrons. The van der Waals surface area contributed by atoms with Crippen molar-refractivity contribution in [3.05, 3.63) is 40.6 Å². The summed E-state index contributed by atoms with van der Waals surface area (Å²) in [5.41, 5.74) is 0.662. The van der Waals surface area contributed by atoms with Crippen molar-refractivity contribution in [1.29, 1.82) is 0 Å². The lowest BCUT2D eigenvalue weighted by Crippen LogP contribution is -2.25. The summed E-state index contributed by atoms with van der Waals surface area (Å²) in [6, 6.07) is 6.09. The quantitative estimate of drug-likeness (QED) is 0.412. The predicted molar refractivity (Wildman–Crippen MR) is 81.1 cm³/mol. The van der Waals surface area contributed by atoms with E-state index < -0.39 is 37.8 Å². The first kappa shape index (κ1) is 17.0. The number of hydrogen-bond acceptors (Lipinski definition) is 6. The molecule has 11 heteroatoms. The van der Waals surface area contributed by atoms with E-state index >= 15 is 0 Å². The molecule has 24 heavy (non-hydrogen) atoms. The number of hydrogen-bond donors (Lipinski definition) is 3. The van der Waals surface area contributed by atoms with E-state index in [1.807, 2.05) is 0 Å². The molecule has 2 heterocycles. The number of ether oxygens (including phenoxy) is 1. The summed E-state index contributed by atoms with van der Waals surface area (Å²) in [5, 5.41) is 21.4. The summed E-state index contributed by atoms with van der Waals surface area (Å²) in [6.45, 7) is -0.438. The minimum Gasteiger partial charge on any atom is -0.390 e. The molecule has 3 N–H and O–H groups in total. The fourth-order valence-corrected chi connectivity index (χ4v) is 3.06. The molecule has 1 aromatic carbocycles. The van der Waals surface area contributed by atoms with E-state index in [4.69, 9.17) is 14.5 Å². The SMILES string of the molecule is O=[N+]([O-])c1ccc2c(ccn2C2CC(O)C(COP(=O)(O)O)O2)c1. The first-order valence-electron chi connectivity index (χ1n) is 7.03. The van der Waals surface area contributed by atoms with Crippen molar-refractivity contribution >= 4 is 24.4 Å². The number of phosphoric acid groups is 1. The Bertz CT molecular complexity index is 815. The third kappa shape index (κ3) is 3.48. The number of nitro groups is 1. The van der Waals surface area contributed by atoms with Gasteiger partial charge in [-0.05, 0) is 12.1 Å². The first-order valence-corrected chi connectivity index (χ1v) is 8.56. The van der Waals surface area contributed by atoms with Crippen LogP contribution in [0.5, 0.6) is 0 Å². The van der Waals surface area contributed by atoms with Crippen LogP contribution >= 0.6 is 7.82 Å². The topological polar surface area (TPSA) is 144 Å². The van der Waals surface area contributed by atoms with Gasteiger partial charge in [-0.2, -0.15) is 0 Å². The Balaban J connectivity index is 1.79. The molecule has 0 amide bonds. The largest absolute Gasteiger partial charge is 0.469 e. The molecule has 1 aromatic heterocycles. The number of aliphatic hydroxyl groups is 1. The summed E-state index contributed by atoms with van der Waals surface area (Å²) >= 11 is 0. The van der Waals surface area contributed by atoms with Crippen molar-refractivity contribution in [2.24, 2.45) is 0 Å². The Morgan fingerprint density at radius 3 is 2.83 bits per heavy atom. The van der Waals surface area contributed by atoms with Crippen molar-refractivity contribution in [2.45, 2.75) is 24.9 Å². The number of nitrogens with zero attached hydrogens (tertiary/aromatic N) is 2. The van der Waals surface area contributed by atoms with E-state index in [2.05, 4.69) is 4.52 Å². The highest BCUT2D eigenvalue weighted by atomic mass is 31.2. The number of rotatable bonds is 5. The fraction of sp³-hybridized carbons (Fsp3) is 0.385. The zero-order chi connectivity index (χ0) is 17.5. The predicted octanol–water partition coefficient (Wildman–Crippen LogP) is 1.31. The summed E-state index contributed by atoms with van der Waals surface area (Å²) in [6.07, 6.45) is -0.506. The van der Waals surface area contributed by atoms with Crippen LogP contribution in [0.4, 0.5) is 5.69 Å². The van der Waals surface area contributed by atoms with Crippen LogP contribution in [-0.2, 0) is 13.8 Å². The Labute approximate surface area is 135 Å². The summed E-state index contributed by atoms with van der Waals surface area (Å²) in [7, 11) is -4.64. The molecule has 3 atom stereocenters. The number of nitro benzene ring substituents is 1. The van der Waals surface area contributed by atoms with Crippen molar-refractivity contribution in [3.8, 4) is 0 Å². The zero-order valence-corrected chi connectivity index (χ0v) is 13.2. The Morgan fingerprint density at radius 2 is 2.17 bits per heavy atom. The second-order valence-corrected chi connectivity index (χ2v) is 6.68. The number of fused-ring (bicyclic) bond motifs is 1. The molecule has 1 saturated heterocycles. The lowest BCUT2D eigenvalue weighted by Gasteiger charge is -2.16. The summed E-state index contributed by atoms with van der Waals surface area (Å²) in [5.74, 6) is 0. The van der Waals surface area contributed by atoms with Gasteiger partial charge in [-0.15, -0.1) is 0 Å². The van der Waals surface area contributed by atoms with Crippen molar-refractivity contribution in [2.75, 3.05) is 6.61 Å². The molecule has 10 nitrogen and oxygen atoms in total. The third-order valence-corrected chi connectivity index (χ3v) is 4.32. The number of aromatic nitrogens is 1. The first-order chi connectivity index (χ1) is 11.2. The fourth-order valence-electron chi connectivity index (χ4n) is 2.72. The van der Waals surface area contributed by atoms with Gasteiger partial charge in [-0.3, -0.25) is 14.6 Å². The maximum absolute atomic E-state index is 10.8. The highest BCUT2D eigenvalue weighted by molar-refractivity contribution is 7.46. The van der Waals surface area contributed by atoms with Crippen molar-refractivity contribution in [1.82, 2.24) is 4.57 Å². The van der Waals surface area contributed by atoms with Crippen LogP contribution in [0.25, 0.3) is 10.9 Å². The van der Waals surface area contributed by atoms with Crippen LogP contribution < -0.4 is 0 Å². The minimum absolute atomic E-state index is 0.0273. The minimum atomic E-state index is -4.64. The lowest BCUT2D eigenvalue weighted by atomic mass is 10.2. The average molecular weight is 358 g/mol. The highest BCUT2D eigenvalue weighted by Gasteiger charge is 2.36. The molecule has 3 rings (SSSR count). The molecular weight excluding hydrogens is 343 g/mol. The highest BCUT2D eigenvalue weighted by Crippen LogP contribution is 2.39. The van der Waals surface area contributed by atoms with E-state index in [9.17, 15) is 19.8 Å². The molecule has 1 aliphatic rings. The van der Waals surface area contributed by atoms with E-state index in [0.29, 0.717) is 10.9 Å². The molecule has 0 radical (unpaired) electrons. The molecule has 3 unspecified atom stereocenters. The van der Waals surface area contributed by atoms with E-state index in [-0.39, 0.29) is 12.1 Å². The van der Waals surface area contributed by atoms with Crippen LogP contribution in [0.15, 0.2) is 30.5 Å². The second kappa shape index (κ2) is 6.25. The Morgan fingerprint density at radius 1 is 1.42 bits per heavy atom. The van der Waals surface area contributed by atoms with Gasteiger partial charge in [0.2, 0.25) is 0 Å². The van der Waals surface area contributed by atoms with Gasteiger partial charge < -0.3 is 24.2 Å². The molecule has 0 bridgehead atoms. The van der Waals surface area contributed by atoms with Gasteiger partial charge in [0.25, 0.3) is 5.69 Å². The normalized spacial score (nSPS) is 24.5. The molecule has 0 spiro atoms. The number of non-ortho nitro benzene ring substituents is 1. The molecule has 1 aliphatic heterocycles. The van der Waals surface area contributed by atoms with Gasteiger partial charge in [0.1, 0.15) is 12.3 Å². The van der Waals surface area contributed by atoms with Crippen LogP contribution in [0.1, 0.15) is 12.6 Å². The summed E-state index contributed by atoms with van der Waals surface area (Å²) in [4.78, 5) is 27.8. The maximum Gasteiger partial charge on any atom is 0.469 e. The van der Waals surface area contributed by atoms with E-state index in [1.54, 1.807) is 22.9 Å². The van der Waals surface area contributed by atoms with Crippen LogP contribution in [-0.4, -0.2) is 43.2 Å². The molecular formula is C13H15N2O8P. The standard InChI is InChI=1S/C13H15N2O8P/c16-11-6-13(23-12(11)7-22-24(19,20)21)14-4-3-8-5-9(15(17)18)1-2-10(8)14/h1-5,11-13,16H,6-7H2,(H2,19,20,21). The van der Waals surface area contributed by atoms with Crippen molar-refractivity contribution < 1.29 is 33.6 Å². The van der Waals surface area contributed by atoms with Crippen LogP contribution in [0.2, 0.25) is 0 Å². The van der Waals surface area contributed by atoms with Gasteiger partial charge in [0.05, 0.1) is 23.2 Å². The van der Waals surface area contributed by atoms with Crippen LogP contribution in [0, 0.1) is 10.1 Å². The lowest BCUT2D eigenvalue weighted by molar-refractivity contribution is -0.384. The summed E-state index contributed by atoms with van der Waals surface area (Å²) < 4.78 is 22.4. The Hall–Kier alpha value is -1.81. The molecule has 0 aliphatic carbocycles. The third-order valence-electron chi connectivity index (χ3n) is 3.84. The van der Waals surface area contributed by atoms with Crippen molar-refractivity contribution in [3.63, 3.8) is 0 Å². The van der Waals surface area contributed by atoms with Gasteiger partial charge >= 0.3 is 7.82 Å². The molecule has 0 saturated carbocycles. The van der Waals surface area contributed by atoms with Crippen LogP contribution in [0.3, 0.4) is 0 Å². The molecule has 2 aromatic rings. The van der Waals surface area contributed by atoms with Gasteiger partial charge in [0, 0.05) is 30.1 Å². The van der Waals surface area contributed by atoms with Gasteiger partial charge in [-0.1, -0.05) is 0 Å². The smallest absolute Gasteiger partial charge is 0.390 e. The van der Waals surface area contributed by atoms with E-state index in [1.165, 1.54) is 12.1 Å². The number of aliphatic hydroxyl groups excluding tert-OH is 1. The monoisotopic (exact) mass is 358 g/mol. The zero-order valence-electron chi connectivity index (χ0n) is 12.3. The average Bonchev–Trinajstić information content (AvgIpc) is 3.06. The van der Waals surface area contributed by atoms with E-state index in [0.717, 1.165) is 0 Å². The number of phosphoric ester groups is 1. The second-order valence-electron chi connectivity index (χ2n) is 5.44. The maximum atomic E-state index is 10.8. The number of benzene rings is 1. The Kier molecular flexibility index (Phi) is 4.43.